The van der Waals surface area contributed by atoms with Gasteiger partial charge in [-0.15, -0.1) is 0 Å². The Morgan fingerprint density at radius 3 is 2.52 bits per heavy atom. The number of carbonyl (C=O) groups is 3. The summed E-state index contributed by atoms with van der Waals surface area (Å²) in [6, 6.07) is 4.37. The highest BCUT2D eigenvalue weighted by Crippen LogP contribution is 2.27. The molecule has 1 saturated heterocycles. The van der Waals surface area contributed by atoms with E-state index in [1.54, 1.807) is 30.4 Å². The van der Waals surface area contributed by atoms with E-state index in [1.807, 2.05) is 0 Å². The number of Topliss-reactive ketones (excluding diaryl/α,β-unsaturated/α-hetero) is 1. The summed E-state index contributed by atoms with van der Waals surface area (Å²) < 4.78 is 4.88. The molecule has 2 aliphatic rings. The summed E-state index contributed by atoms with van der Waals surface area (Å²) in [4.78, 5) is 38.1. The zero-order valence-electron chi connectivity index (χ0n) is 16.0. The van der Waals surface area contributed by atoms with Crippen LogP contribution in [0.15, 0.2) is 30.4 Å². The minimum atomic E-state index is -1.39. The lowest BCUT2D eigenvalue weighted by molar-refractivity contribution is -0.136. The summed E-state index contributed by atoms with van der Waals surface area (Å²) in [7, 11) is 1.47. The molecule has 9 heteroatoms. The number of anilines is 1. The first-order chi connectivity index (χ1) is 13.8. The van der Waals surface area contributed by atoms with Crippen LogP contribution in [0.4, 0.5) is 5.69 Å². The molecule has 0 bridgehead atoms. The predicted octanol–water partition coefficient (Wildman–Crippen LogP) is 2.33. The van der Waals surface area contributed by atoms with Crippen molar-refractivity contribution in [3.05, 3.63) is 40.4 Å². The van der Waals surface area contributed by atoms with Gasteiger partial charge in [0, 0.05) is 34.8 Å². The average molecular weight is 440 g/mol. The van der Waals surface area contributed by atoms with Gasteiger partial charge in [0.15, 0.2) is 11.3 Å². The zero-order chi connectivity index (χ0) is 21.0. The molecule has 29 heavy (non-hydrogen) atoms. The Balaban J connectivity index is 1.68. The van der Waals surface area contributed by atoms with Gasteiger partial charge >= 0.3 is 0 Å². The van der Waals surface area contributed by atoms with Crippen LogP contribution in [-0.2, 0) is 19.1 Å². The van der Waals surface area contributed by atoms with E-state index in [0.29, 0.717) is 41.5 Å². The second-order valence-electron chi connectivity index (χ2n) is 7.25. The van der Waals surface area contributed by atoms with E-state index < -0.39 is 17.4 Å². The molecule has 0 radical (unpaired) electrons. The maximum Gasteiger partial charge on any atom is 0.254 e. The lowest BCUT2D eigenvalue weighted by Crippen LogP contribution is -2.62. The highest BCUT2D eigenvalue weighted by molar-refractivity contribution is 6.35. The number of hydrogen-bond acceptors (Lipinski definition) is 5. The molecule has 156 valence electrons. The summed E-state index contributed by atoms with van der Waals surface area (Å²) >= 11 is 12.0. The number of carbonyl (C=O) groups excluding carboxylic acids is 3. The maximum atomic E-state index is 13.1. The van der Waals surface area contributed by atoms with Gasteiger partial charge in [0.2, 0.25) is 0 Å². The monoisotopic (exact) mass is 439 g/mol. The number of rotatable bonds is 7. The number of ether oxygens (including phenoxy) is 1. The molecule has 1 aromatic rings. The van der Waals surface area contributed by atoms with Crippen LogP contribution in [0.1, 0.15) is 19.3 Å². The molecule has 7 nitrogen and oxygen atoms in total. The highest BCUT2D eigenvalue weighted by Gasteiger charge is 2.48. The van der Waals surface area contributed by atoms with Crippen LogP contribution in [0.25, 0.3) is 0 Å². The SMILES string of the molecule is COCC(=O)[C@@H]1C=C[C@H](NC(=O)C2(C(=O)Nc3cc(Cl)cc(Cl)c3)CCCN2)C1. The van der Waals surface area contributed by atoms with Crippen LogP contribution in [0.5, 0.6) is 0 Å². The third-order valence-electron chi connectivity index (χ3n) is 5.15. The van der Waals surface area contributed by atoms with Gasteiger partial charge in [-0.3, -0.25) is 19.7 Å². The third kappa shape index (κ3) is 4.98. The Labute approximate surface area is 179 Å². The largest absolute Gasteiger partial charge is 0.377 e. The van der Waals surface area contributed by atoms with E-state index in [-0.39, 0.29) is 24.3 Å². The van der Waals surface area contributed by atoms with Crippen molar-refractivity contribution < 1.29 is 19.1 Å². The Kier molecular flexibility index (Phi) is 6.95. The van der Waals surface area contributed by atoms with Gasteiger partial charge in [0.1, 0.15) is 6.61 Å². The molecular formula is C20H23Cl2N3O4. The van der Waals surface area contributed by atoms with Crippen LogP contribution in [0.3, 0.4) is 0 Å². The zero-order valence-corrected chi connectivity index (χ0v) is 17.5. The molecule has 0 aromatic heterocycles. The lowest BCUT2D eigenvalue weighted by atomic mass is 9.94. The molecule has 3 rings (SSSR count). The molecule has 1 aliphatic heterocycles. The quantitative estimate of drug-likeness (QED) is 0.447. The van der Waals surface area contributed by atoms with E-state index in [1.165, 1.54) is 7.11 Å². The van der Waals surface area contributed by atoms with Crippen molar-refractivity contribution in [1.82, 2.24) is 10.6 Å². The first kappa shape index (κ1) is 21.8. The molecule has 3 atom stereocenters. The first-order valence-corrected chi connectivity index (χ1v) is 10.1. The number of amides is 2. The van der Waals surface area contributed by atoms with Gasteiger partial charge in [0.25, 0.3) is 11.8 Å². The fourth-order valence-electron chi connectivity index (χ4n) is 3.68. The fourth-order valence-corrected chi connectivity index (χ4v) is 4.21. The van der Waals surface area contributed by atoms with Crippen molar-refractivity contribution in [3.63, 3.8) is 0 Å². The third-order valence-corrected chi connectivity index (χ3v) is 5.59. The van der Waals surface area contributed by atoms with Crippen molar-refractivity contribution >= 4 is 46.5 Å². The summed E-state index contributed by atoms with van der Waals surface area (Å²) in [5.41, 5.74) is -0.976. The summed E-state index contributed by atoms with van der Waals surface area (Å²) in [5.74, 6) is -1.23. The van der Waals surface area contributed by atoms with Crippen molar-refractivity contribution in [2.45, 2.75) is 30.8 Å². The van der Waals surface area contributed by atoms with Crippen molar-refractivity contribution in [3.8, 4) is 0 Å². The second-order valence-corrected chi connectivity index (χ2v) is 8.13. The average Bonchev–Trinajstić information content (AvgIpc) is 3.31. The molecule has 3 N–H and O–H groups in total. The standard InChI is InChI=1S/C20H23Cl2N3O4/c1-29-11-17(26)12-3-4-15(7-12)24-18(27)20(5-2-6-23-20)19(28)25-16-9-13(21)8-14(22)10-16/h3-4,8-10,12,15,23H,2,5-7,11H2,1H3,(H,24,27)(H,25,28)/t12-,15+,20?/m1/s1. The van der Waals surface area contributed by atoms with Crippen molar-refractivity contribution in [1.29, 1.82) is 0 Å². The van der Waals surface area contributed by atoms with Crippen LogP contribution in [0.2, 0.25) is 10.0 Å². The van der Waals surface area contributed by atoms with E-state index >= 15 is 0 Å². The molecule has 0 saturated carbocycles. The Morgan fingerprint density at radius 2 is 1.90 bits per heavy atom. The van der Waals surface area contributed by atoms with Crippen molar-refractivity contribution in [2.24, 2.45) is 5.92 Å². The summed E-state index contributed by atoms with van der Waals surface area (Å²) in [6.45, 7) is 0.582. The molecule has 1 fully saturated rings. The van der Waals surface area contributed by atoms with Crippen LogP contribution in [-0.4, -0.2) is 49.4 Å². The van der Waals surface area contributed by atoms with Gasteiger partial charge in [-0.2, -0.15) is 0 Å². The highest BCUT2D eigenvalue weighted by atomic mass is 35.5. The van der Waals surface area contributed by atoms with Gasteiger partial charge in [-0.25, -0.2) is 0 Å². The Morgan fingerprint density at radius 1 is 1.17 bits per heavy atom. The van der Waals surface area contributed by atoms with E-state index in [0.717, 1.165) is 0 Å². The van der Waals surface area contributed by atoms with E-state index in [2.05, 4.69) is 16.0 Å². The molecule has 0 spiro atoms. The number of hydrogen-bond donors (Lipinski definition) is 3. The minimum absolute atomic E-state index is 0.0335. The minimum Gasteiger partial charge on any atom is -0.377 e. The van der Waals surface area contributed by atoms with E-state index in [9.17, 15) is 14.4 Å². The number of benzene rings is 1. The normalized spacial score (nSPS) is 25.8. The topological polar surface area (TPSA) is 96.5 Å². The van der Waals surface area contributed by atoms with E-state index in [4.69, 9.17) is 27.9 Å². The predicted molar refractivity (Wildman–Crippen MR) is 111 cm³/mol. The number of ketones is 1. The Bertz CT molecular complexity index is 817. The van der Waals surface area contributed by atoms with Crippen LogP contribution >= 0.6 is 23.2 Å². The van der Waals surface area contributed by atoms with Crippen LogP contribution < -0.4 is 16.0 Å². The second kappa shape index (κ2) is 9.26. The number of allylic oxidation sites excluding steroid dienone is 1. The van der Waals surface area contributed by atoms with Gasteiger partial charge in [-0.05, 0) is 44.0 Å². The molecule has 2 amide bonds. The Hall–Kier alpha value is -1.93. The number of nitrogens with one attached hydrogen (secondary N) is 3. The molecule has 1 unspecified atom stereocenters. The molecular weight excluding hydrogens is 417 g/mol. The maximum absolute atomic E-state index is 13.1. The fraction of sp³-hybridized carbons (Fsp3) is 0.450. The molecule has 1 aliphatic carbocycles. The smallest absolute Gasteiger partial charge is 0.254 e. The number of halogens is 2. The summed E-state index contributed by atoms with van der Waals surface area (Å²) in [5, 5.41) is 9.43. The molecule has 1 heterocycles. The lowest BCUT2D eigenvalue weighted by Gasteiger charge is -2.28. The summed E-state index contributed by atoms with van der Waals surface area (Å²) in [6.07, 6.45) is 5.06. The molecule has 1 aromatic carbocycles. The van der Waals surface area contributed by atoms with Crippen molar-refractivity contribution in [2.75, 3.05) is 25.6 Å². The number of methoxy groups -OCH3 is 1. The van der Waals surface area contributed by atoms with Gasteiger partial charge in [-0.1, -0.05) is 35.4 Å². The van der Waals surface area contributed by atoms with Crippen LogP contribution in [0, 0.1) is 5.92 Å². The van der Waals surface area contributed by atoms with Gasteiger partial charge < -0.3 is 15.4 Å². The first-order valence-electron chi connectivity index (χ1n) is 9.37. The van der Waals surface area contributed by atoms with Gasteiger partial charge in [0.05, 0.1) is 0 Å².